The lowest BCUT2D eigenvalue weighted by Crippen LogP contribution is -2.33. The Morgan fingerprint density at radius 3 is 2.50 bits per heavy atom. The fourth-order valence-electron chi connectivity index (χ4n) is 1.61. The highest BCUT2D eigenvalue weighted by Gasteiger charge is 2.08. The van der Waals surface area contributed by atoms with Crippen LogP contribution in [0, 0.1) is 0 Å². The van der Waals surface area contributed by atoms with Gasteiger partial charge in [-0.15, -0.1) is 0 Å². The van der Waals surface area contributed by atoms with Crippen LogP contribution in [-0.4, -0.2) is 36.6 Å². The van der Waals surface area contributed by atoms with Crippen LogP contribution in [0.3, 0.4) is 0 Å². The smallest absolute Gasteiger partial charge is 0.322 e. The molecule has 0 saturated carbocycles. The molecule has 0 aliphatic rings. The zero-order chi connectivity index (χ0) is 13.4. The van der Waals surface area contributed by atoms with Crippen LogP contribution in [0.5, 0.6) is 0 Å². The van der Waals surface area contributed by atoms with Crippen LogP contribution in [0.15, 0.2) is 30.3 Å². The van der Waals surface area contributed by atoms with Crippen LogP contribution >= 0.6 is 0 Å². The van der Waals surface area contributed by atoms with Gasteiger partial charge < -0.3 is 15.3 Å². The van der Waals surface area contributed by atoms with Gasteiger partial charge in [0.15, 0.2) is 0 Å². The van der Waals surface area contributed by atoms with E-state index >= 15 is 0 Å². The predicted molar refractivity (Wildman–Crippen MR) is 69.6 cm³/mol. The first-order chi connectivity index (χ1) is 8.63. The molecular formula is C13H18N2O3. The summed E-state index contributed by atoms with van der Waals surface area (Å²) >= 11 is 0. The molecule has 0 saturated heterocycles. The Bertz CT molecular complexity index is 392. The Morgan fingerprint density at radius 1 is 1.28 bits per heavy atom. The fourth-order valence-corrected chi connectivity index (χ4v) is 1.61. The molecule has 1 aromatic carbocycles. The number of carboxylic acids is 1. The van der Waals surface area contributed by atoms with E-state index in [-0.39, 0.29) is 18.9 Å². The molecule has 0 atom stereocenters. The van der Waals surface area contributed by atoms with Gasteiger partial charge in [0.25, 0.3) is 0 Å². The van der Waals surface area contributed by atoms with Crippen molar-refractivity contribution in [3.63, 3.8) is 0 Å². The van der Waals surface area contributed by atoms with Gasteiger partial charge in [-0.25, -0.2) is 0 Å². The van der Waals surface area contributed by atoms with Crippen LogP contribution < -0.4 is 10.2 Å². The van der Waals surface area contributed by atoms with E-state index in [0.717, 1.165) is 12.2 Å². The Morgan fingerprint density at radius 2 is 1.94 bits per heavy atom. The number of benzene rings is 1. The first-order valence-electron chi connectivity index (χ1n) is 5.92. The number of nitrogens with one attached hydrogen (secondary N) is 1. The number of anilines is 1. The molecule has 0 aromatic heterocycles. The zero-order valence-electron chi connectivity index (χ0n) is 10.4. The summed E-state index contributed by atoms with van der Waals surface area (Å²) in [6.07, 6.45) is 0.288. The molecule has 0 fully saturated rings. The van der Waals surface area contributed by atoms with Crippen molar-refractivity contribution in [2.75, 3.05) is 24.5 Å². The normalized spacial score (nSPS) is 9.83. The molecule has 98 valence electrons. The van der Waals surface area contributed by atoms with Crippen molar-refractivity contribution < 1.29 is 14.7 Å². The summed E-state index contributed by atoms with van der Waals surface area (Å²) < 4.78 is 0. The number of nitrogens with zero attached hydrogens (tertiary/aromatic N) is 1. The molecule has 5 heteroatoms. The van der Waals surface area contributed by atoms with Crippen molar-refractivity contribution >= 4 is 17.6 Å². The molecule has 0 spiro atoms. The number of aliphatic carboxylic acids is 1. The molecule has 18 heavy (non-hydrogen) atoms. The van der Waals surface area contributed by atoms with E-state index in [1.165, 1.54) is 0 Å². The lowest BCUT2D eigenvalue weighted by atomic mass is 10.2. The minimum atomic E-state index is -1.03. The number of para-hydroxylation sites is 1. The molecule has 1 amide bonds. The number of carboxylic acid groups (broad SMARTS) is 1. The molecular weight excluding hydrogens is 232 g/mol. The summed E-state index contributed by atoms with van der Waals surface area (Å²) in [6, 6.07) is 9.80. The average molecular weight is 250 g/mol. The number of carbonyl (C=O) groups excluding carboxylic acids is 1. The molecule has 0 aliphatic carbocycles. The summed E-state index contributed by atoms with van der Waals surface area (Å²) in [5.41, 5.74) is 1.06. The van der Waals surface area contributed by atoms with Crippen molar-refractivity contribution in [3.8, 4) is 0 Å². The van der Waals surface area contributed by atoms with Crippen molar-refractivity contribution in [2.45, 2.75) is 13.3 Å². The van der Waals surface area contributed by atoms with E-state index in [4.69, 9.17) is 5.11 Å². The van der Waals surface area contributed by atoms with Crippen molar-refractivity contribution in [1.82, 2.24) is 5.32 Å². The van der Waals surface area contributed by atoms with Gasteiger partial charge in [-0.1, -0.05) is 18.2 Å². The minimum absolute atomic E-state index is 0.244. The van der Waals surface area contributed by atoms with Gasteiger partial charge in [0.2, 0.25) is 5.91 Å². The maximum atomic E-state index is 11.4. The van der Waals surface area contributed by atoms with E-state index in [9.17, 15) is 9.59 Å². The molecule has 5 nitrogen and oxygen atoms in total. The molecule has 0 unspecified atom stereocenters. The Balaban J connectivity index is 2.41. The second-order valence-corrected chi connectivity index (χ2v) is 3.84. The largest absolute Gasteiger partial charge is 0.480 e. The van der Waals surface area contributed by atoms with Gasteiger partial charge in [-0.05, 0) is 19.1 Å². The van der Waals surface area contributed by atoms with E-state index < -0.39 is 5.97 Å². The van der Waals surface area contributed by atoms with Gasteiger partial charge in [0.05, 0.1) is 0 Å². The van der Waals surface area contributed by atoms with Crippen LogP contribution in [0.2, 0.25) is 0 Å². The molecule has 0 radical (unpaired) electrons. The van der Waals surface area contributed by atoms with Gasteiger partial charge in [0, 0.05) is 25.2 Å². The van der Waals surface area contributed by atoms with Gasteiger partial charge in [-0.2, -0.15) is 0 Å². The summed E-state index contributed by atoms with van der Waals surface area (Å²) in [7, 11) is 0. The first kappa shape index (κ1) is 14.0. The number of hydrogen-bond donors (Lipinski definition) is 2. The monoisotopic (exact) mass is 250 g/mol. The van der Waals surface area contributed by atoms with Gasteiger partial charge in [-0.3, -0.25) is 9.59 Å². The number of rotatable bonds is 7. The summed E-state index contributed by atoms with van der Waals surface area (Å²) in [5, 5.41) is 10.8. The highest BCUT2D eigenvalue weighted by Crippen LogP contribution is 2.12. The van der Waals surface area contributed by atoms with Crippen molar-refractivity contribution in [3.05, 3.63) is 30.3 Å². The lowest BCUT2D eigenvalue weighted by molar-refractivity contribution is -0.137. The van der Waals surface area contributed by atoms with Gasteiger partial charge in [0.1, 0.15) is 6.54 Å². The Kier molecular flexibility index (Phi) is 5.70. The van der Waals surface area contributed by atoms with Crippen LogP contribution in [-0.2, 0) is 9.59 Å². The number of amides is 1. The second-order valence-electron chi connectivity index (χ2n) is 3.84. The topological polar surface area (TPSA) is 69.6 Å². The molecule has 1 rings (SSSR count). The molecule has 0 heterocycles. The zero-order valence-corrected chi connectivity index (χ0v) is 10.4. The van der Waals surface area contributed by atoms with Crippen molar-refractivity contribution in [1.29, 1.82) is 0 Å². The number of carbonyl (C=O) groups is 2. The van der Waals surface area contributed by atoms with E-state index in [1.54, 1.807) is 0 Å². The molecule has 0 bridgehead atoms. The minimum Gasteiger partial charge on any atom is -0.480 e. The fraction of sp³-hybridized carbons (Fsp3) is 0.385. The quantitative estimate of drug-likeness (QED) is 0.760. The molecule has 0 aliphatic heterocycles. The first-order valence-corrected chi connectivity index (χ1v) is 5.92. The highest BCUT2D eigenvalue weighted by atomic mass is 16.4. The Hall–Kier alpha value is -2.04. The van der Waals surface area contributed by atoms with E-state index in [0.29, 0.717) is 6.54 Å². The lowest BCUT2D eigenvalue weighted by Gasteiger charge is -2.22. The third-order valence-electron chi connectivity index (χ3n) is 2.55. The number of hydrogen-bond acceptors (Lipinski definition) is 3. The van der Waals surface area contributed by atoms with Crippen LogP contribution in [0.1, 0.15) is 13.3 Å². The second kappa shape index (κ2) is 7.32. The third-order valence-corrected chi connectivity index (χ3v) is 2.55. The Labute approximate surface area is 106 Å². The highest BCUT2D eigenvalue weighted by molar-refractivity contribution is 5.81. The summed E-state index contributed by atoms with van der Waals surface area (Å²) in [5.74, 6) is -1.27. The third kappa shape index (κ3) is 4.86. The van der Waals surface area contributed by atoms with Gasteiger partial charge >= 0.3 is 5.97 Å². The molecule has 1 aromatic rings. The van der Waals surface area contributed by atoms with Crippen LogP contribution in [0.25, 0.3) is 0 Å². The average Bonchev–Trinajstić information content (AvgIpc) is 2.38. The standard InChI is InChI=1S/C13H18N2O3/c1-2-15(11-6-4-3-5-7-11)9-8-12(16)14-10-13(17)18/h3-7H,2,8-10H2,1H3,(H,14,16)(H,17,18). The van der Waals surface area contributed by atoms with E-state index in [2.05, 4.69) is 10.2 Å². The van der Waals surface area contributed by atoms with Crippen molar-refractivity contribution in [2.24, 2.45) is 0 Å². The maximum Gasteiger partial charge on any atom is 0.322 e. The summed E-state index contributed by atoms with van der Waals surface area (Å²) in [6.45, 7) is 3.07. The predicted octanol–water partition coefficient (Wildman–Crippen LogP) is 1.10. The SMILES string of the molecule is CCN(CCC(=O)NCC(=O)O)c1ccccc1. The summed E-state index contributed by atoms with van der Waals surface area (Å²) in [4.78, 5) is 23.8. The maximum absolute atomic E-state index is 11.4. The molecule has 2 N–H and O–H groups in total. The van der Waals surface area contributed by atoms with E-state index in [1.807, 2.05) is 37.3 Å². The van der Waals surface area contributed by atoms with Crippen LogP contribution in [0.4, 0.5) is 5.69 Å².